The molecule has 1 atom stereocenters. The highest BCUT2D eigenvalue weighted by molar-refractivity contribution is 9.14. The number of hydrogen-bond donors (Lipinski definition) is 2. The highest BCUT2D eigenvalue weighted by atomic mass is 79.9. The van der Waals surface area contributed by atoms with Crippen molar-refractivity contribution in [2.75, 3.05) is 13.2 Å². The van der Waals surface area contributed by atoms with Crippen LogP contribution in [0.3, 0.4) is 0 Å². The van der Waals surface area contributed by atoms with E-state index in [0.717, 1.165) is 4.48 Å². The van der Waals surface area contributed by atoms with Gasteiger partial charge in [-0.1, -0.05) is 37.9 Å². The van der Waals surface area contributed by atoms with Gasteiger partial charge in [0.05, 0.1) is 13.2 Å². The Kier molecular flexibility index (Phi) is 7.58. The van der Waals surface area contributed by atoms with Gasteiger partial charge in [0, 0.05) is 4.48 Å². The Hall–Kier alpha value is 0.800. The molecule has 0 heterocycles. The molecule has 6 heteroatoms. The van der Waals surface area contributed by atoms with E-state index in [9.17, 15) is 5.11 Å². The lowest BCUT2D eigenvalue weighted by Crippen LogP contribution is -2.21. The van der Waals surface area contributed by atoms with Gasteiger partial charge in [0.25, 0.3) is 0 Å². The van der Waals surface area contributed by atoms with E-state index in [0.29, 0.717) is 0 Å². The third-order valence-corrected chi connectivity index (χ3v) is 3.08. The van der Waals surface area contributed by atoms with Gasteiger partial charge in [0.1, 0.15) is 0 Å². The van der Waals surface area contributed by atoms with Gasteiger partial charge < -0.3 is 14.9 Å². The molecule has 0 bridgehead atoms. The van der Waals surface area contributed by atoms with Gasteiger partial charge >= 0.3 is 0 Å². The van der Waals surface area contributed by atoms with Crippen molar-refractivity contribution in [3.63, 3.8) is 0 Å². The van der Waals surface area contributed by atoms with Crippen molar-refractivity contribution < 1.29 is 14.9 Å². The van der Waals surface area contributed by atoms with E-state index in [1.807, 2.05) is 0 Å². The van der Waals surface area contributed by atoms with Crippen molar-refractivity contribution in [1.82, 2.24) is 0 Å². The number of hydrogen-bond acceptors (Lipinski definition) is 3. The molecule has 0 amide bonds. The Morgan fingerprint density at radius 1 is 1.54 bits per heavy atom. The van der Waals surface area contributed by atoms with Crippen molar-refractivity contribution in [2.45, 2.75) is 4.70 Å². The summed E-state index contributed by atoms with van der Waals surface area (Å²) >= 11 is 9.19. The highest BCUT2D eigenvalue weighted by Crippen LogP contribution is 2.20. The summed E-state index contributed by atoms with van der Waals surface area (Å²) < 4.78 is 4.23. The SMILES string of the molecule is OCC=CC(O)(Br)OCC(Br)=CBr. The second-order valence-corrected chi connectivity index (χ2v) is 4.65. The molecule has 0 aromatic heterocycles. The minimum absolute atomic E-state index is 0.146. The second-order valence-electron chi connectivity index (χ2n) is 2.04. The van der Waals surface area contributed by atoms with E-state index in [-0.39, 0.29) is 13.2 Å². The second kappa shape index (κ2) is 7.14. The molecule has 3 nitrogen and oxygen atoms in total. The van der Waals surface area contributed by atoms with Gasteiger partial charge in [-0.25, -0.2) is 0 Å². The van der Waals surface area contributed by atoms with Gasteiger partial charge in [0.15, 0.2) is 0 Å². The average molecular weight is 381 g/mol. The fourth-order valence-corrected chi connectivity index (χ4v) is 0.996. The molecule has 13 heavy (non-hydrogen) atoms. The van der Waals surface area contributed by atoms with Gasteiger partial charge in [-0.05, 0) is 27.0 Å². The zero-order valence-corrected chi connectivity index (χ0v) is 11.3. The Bertz CT molecular complexity index is 201. The van der Waals surface area contributed by atoms with Crippen molar-refractivity contribution in [2.24, 2.45) is 0 Å². The number of halogens is 3. The van der Waals surface area contributed by atoms with Gasteiger partial charge in [-0.15, -0.1) is 0 Å². The minimum atomic E-state index is -1.54. The van der Waals surface area contributed by atoms with Gasteiger partial charge in [-0.2, -0.15) is 0 Å². The summed E-state index contributed by atoms with van der Waals surface area (Å²) in [6.45, 7) is 0.0650. The quantitative estimate of drug-likeness (QED) is 0.437. The Balaban J connectivity index is 3.95. The highest BCUT2D eigenvalue weighted by Gasteiger charge is 2.18. The summed E-state index contributed by atoms with van der Waals surface area (Å²) in [5.41, 5.74) is 0. The van der Waals surface area contributed by atoms with Crippen LogP contribution in [0.1, 0.15) is 0 Å². The van der Waals surface area contributed by atoms with Gasteiger partial charge in [0.2, 0.25) is 4.70 Å². The molecule has 0 aliphatic heterocycles. The molecule has 0 aliphatic carbocycles. The van der Waals surface area contributed by atoms with Crippen molar-refractivity contribution >= 4 is 47.8 Å². The largest absolute Gasteiger partial charge is 0.392 e. The predicted molar refractivity (Wildman–Crippen MR) is 62.0 cm³/mol. The van der Waals surface area contributed by atoms with Crippen LogP contribution in [0.2, 0.25) is 0 Å². The average Bonchev–Trinajstić information content (AvgIpc) is 2.11. The van der Waals surface area contributed by atoms with E-state index in [1.165, 1.54) is 12.2 Å². The summed E-state index contributed by atoms with van der Waals surface area (Å²) in [6, 6.07) is 0. The van der Waals surface area contributed by atoms with Crippen LogP contribution < -0.4 is 0 Å². The van der Waals surface area contributed by atoms with E-state index < -0.39 is 4.70 Å². The summed E-state index contributed by atoms with van der Waals surface area (Å²) in [6.07, 6.45) is 2.68. The molecular weight excluding hydrogens is 372 g/mol. The van der Waals surface area contributed by atoms with E-state index in [4.69, 9.17) is 9.84 Å². The Labute approximate surface area is 102 Å². The molecule has 0 aromatic carbocycles. The van der Waals surface area contributed by atoms with E-state index >= 15 is 0 Å². The molecule has 0 rings (SSSR count). The molecular formula is C7H9Br3O3. The first-order valence-electron chi connectivity index (χ1n) is 3.30. The summed E-state index contributed by atoms with van der Waals surface area (Å²) in [5, 5.41) is 17.9. The van der Waals surface area contributed by atoms with Crippen molar-refractivity contribution in [3.05, 3.63) is 21.6 Å². The third-order valence-electron chi connectivity index (χ3n) is 0.960. The zero-order valence-electron chi connectivity index (χ0n) is 6.58. The first-order chi connectivity index (χ1) is 6.02. The molecule has 0 aliphatic rings. The van der Waals surface area contributed by atoms with Gasteiger partial charge in [-0.3, -0.25) is 0 Å². The fourth-order valence-electron chi connectivity index (χ4n) is 0.448. The number of aliphatic hydroxyl groups excluding tert-OH is 1. The monoisotopic (exact) mass is 378 g/mol. The zero-order chi connectivity index (χ0) is 10.3. The molecule has 0 fully saturated rings. The van der Waals surface area contributed by atoms with Crippen LogP contribution in [0.15, 0.2) is 21.6 Å². The molecule has 76 valence electrons. The number of aliphatic hydroxyl groups is 2. The maximum absolute atomic E-state index is 9.42. The molecule has 0 radical (unpaired) electrons. The Morgan fingerprint density at radius 2 is 2.15 bits per heavy atom. The van der Waals surface area contributed by atoms with Crippen LogP contribution in [0, 0.1) is 0 Å². The first-order valence-corrected chi connectivity index (χ1v) is 5.80. The summed E-state index contributed by atoms with van der Waals surface area (Å²) in [4.78, 5) is 1.63. The van der Waals surface area contributed by atoms with Crippen LogP contribution in [0.4, 0.5) is 0 Å². The third kappa shape index (κ3) is 7.84. The van der Waals surface area contributed by atoms with Crippen LogP contribution in [-0.2, 0) is 4.74 Å². The van der Waals surface area contributed by atoms with Crippen LogP contribution in [0.5, 0.6) is 0 Å². The maximum Gasteiger partial charge on any atom is 0.244 e. The fraction of sp³-hybridized carbons (Fsp3) is 0.429. The first kappa shape index (κ1) is 13.8. The minimum Gasteiger partial charge on any atom is -0.392 e. The summed E-state index contributed by atoms with van der Waals surface area (Å²) in [7, 11) is 0. The molecule has 0 saturated carbocycles. The molecule has 0 saturated heterocycles. The van der Waals surface area contributed by atoms with E-state index in [1.54, 1.807) is 4.99 Å². The van der Waals surface area contributed by atoms with Crippen LogP contribution in [0.25, 0.3) is 0 Å². The molecule has 1 unspecified atom stereocenters. The lowest BCUT2D eigenvalue weighted by molar-refractivity contribution is -0.0781. The standard InChI is InChI=1S/C7H9Br3O3/c8-4-6(9)5-13-7(10,12)2-1-3-11/h1-2,4,11-12H,3,5H2. The van der Waals surface area contributed by atoms with Crippen LogP contribution >= 0.6 is 47.8 Å². The maximum atomic E-state index is 9.42. The lowest BCUT2D eigenvalue weighted by atomic mass is 10.5. The lowest BCUT2D eigenvalue weighted by Gasteiger charge is -2.16. The van der Waals surface area contributed by atoms with Crippen LogP contribution in [-0.4, -0.2) is 28.1 Å². The predicted octanol–water partition coefficient (Wildman–Crippen LogP) is 2.22. The number of rotatable bonds is 5. The molecule has 0 spiro atoms. The topological polar surface area (TPSA) is 49.7 Å². The van der Waals surface area contributed by atoms with Crippen molar-refractivity contribution in [3.8, 4) is 0 Å². The smallest absolute Gasteiger partial charge is 0.244 e. The van der Waals surface area contributed by atoms with E-state index in [2.05, 4.69) is 47.8 Å². The molecule has 2 N–H and O–H groups in total. The Morgan fingerprint density at radius 3 is 2.62 bits per heavy atom. The normalized spacial score (nSPS) is 17.8. The number of ether oxygens (including phenoxy) is 1. The molecule has 0 aromatic rings. The van der Waals surface area contributed by atoms with Crippen molar-refractivity contribution in [1.29, 1.82) is 0 Å². The number of alkyl halides is 1. The summed E-state index contributed by atoms with van der Waals surface area (Å²) in [5.74, 6) is 0.